The number of nitrogens with two attached hydrogens (primary N) is 2. The van der Waals surface area contributed by atoms with E-state index < -0.39 is 17.2 Å². The fourth-order valence-corrected chi connectivity index (χ4v) is 1.14. The van der Waals surface area contributed by atoms with Gasteiger partial charge in [0.2, 0.25) is 0 Å². The van der Waals surface area contributed by atoms with E-state index >= 15 is 0 Å². The number of primary amides is 1. The standard InChI is InChI=1S/C7H10N4O3/c1-2-11-4(8)3(5(9)12)6(13)10-7(11)14/h2,8H2,1H3,(H2,9,12)(H,10,13,14). The molecule has 1 aromatic rings. The molecule has 0 aliphatic rings. The van der Waals surface area contributed by atoms with E-state index in [4.69, 9.17) is 11.5 Å². The molecule has 7 nitrogen and oxygen atoms in total. The molecule has 0 saturated heterocycles. The molecular formula is C7H10N4O3. The van der Waals surface area contributed by atoms with Crippen molar-refractivity contribution in [3.05, 3.63) is 26.4 Å². The first-order valence-electron chi connectivity index (χ1n) is 3.91. The van der Waals surface area contributed by atoms with Crippen molar-refractivity contribution in [2.75, 3.05) is 5.73 Å². The number of nitrogen functional groups attached to an aromatic ring is 1. The molecule has 1 heterocycles. The van der Waals surface area contributed by atoms with Crippen molar-refractivity contribution >= 4 is 11.7 Å². The molecule has 7 heteroatoms. The number of carbonyl (C=O) groups excluding carboxylic acids is 1. The van der Waals surface area contributed by atoms with Gasteiger partial charge in [-0.3, -0.25) is 19.1 Å². The van der Waals surface area contributed by atoms with Gasteiger partial charge >= 0.3 is 5.69 Å². The number of nitrogens with one attached hydrogen (secondary N) is 1. The lowest BCUT2D eigenvalue weighted by atomic mass is 10.3. The molecule has 0 unspecified atom stereocenters. The summed E-state index contributed by atoms with van der Waals surface area (Å²) >= 11 is 0. The van der Waals surface area contributed by atoms with Crippen molar-refractivity contribution in [2.24, 2.45) is 5.73 Å². The number of nitrogens with zero attached hydrogens (tertiary/aromatic N) is 1. The third-order valence-electron chi connectivity index (χ3n) is 1.80. The van der Waals surface area contributed by atoms with E-state index in [2.05, 4.69) is 0 Å². The Labute approximate surface area is 78.3 Å². The third-order valence-corrected chi connectivity index (χ3v) is 1.80. The summed E-state index contributed by atoms with van der Waals surface area (Å²) in [5.74, 6) is -1.15. The quantitative estimate of drug-likeness (QED) is 0.520. The van der Waals surface area contributed by atoms with Crippen LogP contribution >= 0.6 is 0 Å². The molecule has 0 atom stereocenters. The fourth-order valence-electron chi connectivity index (χ4n) is 1.14. The number of aromatic amines is 1. The first-order valence-corrected chi connectivity index (χ1v) is 3.91. The minimum atomic E-state index is -0.953. The Balaban J connectivity index is 3.69. The van der Waals surface area contributed by atoms with E-state index in [1.54, 1.807) is 6.92 Å². The Morgan fingerprint density at radius 3 is 2.50 bits per heavy atom. The van der Waals surface area contributed by atoms with Crippen molar-refractivity contribution in [1.29, 1.82) is 0 Å². The predicted molar refractivity (Wildman–Crippen MR) is 49.9 cm³/mol. The van der Waals surface area contributed by atoms with Gasteiger partial charge in [0.05, 0.1) is 0 Å². The summed E-state index contributed by atoms with van der Waals surface area (Å²) in [6.45, 7) is 1.91. The Morgan fingerprint density at radius 2 is 2.07 bits per heavy atom. The van der Waals surface area contributed by atoms with Crippen LogP contribution in [0.1, 0.15) is 17.3 Å². The Bertz CT molecular complexity index is 485. The fraction of sp³-hybridized carbons (Fsp3) is 0.286. The number of rotatable bonds is 2. The number of H-pyrrole nitrogens is 1. The van der Waals surface area contributed by atoms with Crippen LogP contribution in [-0.2, 0) is 6.54 Å². The summed E-state index contributed by atoms with van der Waals surface area (Å²) in [5, 5.41) is 0. The maximum absolute atomic E-state index is 11.1. The van der Waals surface area contributed by atoms with Crippen LogP contribution in [0.2, 0.25) is 0 Å². The molecule has 5 N–H and O–H groups in total. The molecule has 1 rings (SSSR count). The molecular weight excluding hydrogens is 188 g/mol. The van der Waals surface area contributed by atoms with Gasteiger partial charge < -0.3 is 11.5 Å². The summed E-state index contributed by atoms with van der Waals surface area (Å²) in [6.07, 6.45) is 0. The van der Waals surface area contributed by atoms with Gasteiger partial charge in [0.15, 0.2) is 0 Å². The topological polar surface area (TPSA) is 124 Å². The minimum absolute atomic E-state index is 0.200. The largest absolute Gasteiger partial charge is 0.384 e. The lowest BCUT2D eigenvalue weighted by molar-refractivity contribution is 0.0999. The van der Waals surface area contributed by atoms with Gasteiger partial charge in [-0.25, -0.2) is 4.79 Å². The Kier molecular flexibility index (Phi) is 2.41. The molecule has 0 fully saturated rings. The number of aromatic nitrogens is 2. The van der Waals surface area contributed by atoms with Crippen molar-refractivity contribution in [2.45, 2.75) is 13.5 Å². The Hall–Kier alpha value is -2.05. The molecule has 0 aliphatic heterocycles. The van der Waals surface area contributed by atoms with Crippen molar-refractivity contribution < 1.29 is 4.79 Å². The number of hydrogen-bond acceptors (Lipinski definition) is 4. The zero-order chi connectivity index (χ0) is 10.9. The van der Waals surface area contributed by atoms with Gasteiger partial charge in [0.25, 0.3) is 11.5 Å². The van der Waals surface area contributed by atoms with Gasteiger partial charge in [-0.05, 0) is 6.92 Å². The maximum atomic E-state index is 11.1. The zero-order valence-corrected chi connectivity index (χ0v) is 7.53. The van der Waals surface area contributed by atoms with Gasteiger partial charge in [-0.1, -0.05) is 0 Å². The van der Waals surface area contributed by atoms with Gasteiger partial charge in [-0.2, -0.15) is 0 Å². The summed E-state index contributed by atoms with van der Waals surface area (Å²) in [4.78, 5) is 35.0. The second kappa shape index (κ2) is 3.36. The molecule has 0 saturated carbocycles. The van der Waals surface area contributed by atoms with Crippen LogP contribution in [0.5, 0.6) is 0 Å². The summed E-state index contributed by atoms with van der Waals surface area (Å²) in [5.41, 5.74) is 8.48. The molecule has 14 heavy (non-hydrogen) atoms. The molecule has 0 aromatic carbocycles. The lowest BCUT2D eigenvalue weighted by Crippen LogP contribution is -2.37. The van der Waals surface area contributed by atoms with Crippen molar-refractivity contribution in [3.8, 4) is 0 Å². The molecule has 1 amide bonds. The molecule has 76 valence electrons. The third kappa shape index (κ3) is 1.39. The normalized spacial score (nSPS) is 10.1. The highest BCUT2D eigenvalue weighted by Gasteiger charge is 2.15. The summed E-state index contributed by atoms with van der Waals surface area (Å²) < 4.78 is 1.06. The van der Waals surface area contributed by atoms with E-state index in [0.29, 0.717) is 0 Å². The van der Waals surface area contributed by atoms with Gasteiger partial charge in [0.1, 0.15) is 11.4 Å². The molecule has 1 aromatic heterocycles. The van der Waals surface area contributed by atoms with E-state index in [-0.39, 0.29) is 17.9 Å². The average Bonchev–Trinajstić information content (AvgIpc) is 2.02. The summed E-state index contributed by atoms with van der Waals surface area (Å²) in [6, 6.07) is 0. The summed E-state index contributed by atoms with van der Waals surface area (Å²) in [7, 11) is 0. The number of anilines is 1. The van der Waals surface area contributed by atoms with Gasteiger partial charge in [-0.15, -0.1) is 0 Å². The SMILES string of the molecule is CCn1c(N)c(C(N)=O)c(=O)[nH]c1=O. The highest BCUT2D eigenvalue weighted by Crippen LogP contribution is 2.01. The second-order valence-electron chi connectivity index (χ2n) is 2.63. The number of hydrogen-bond donors (Lipinski definition) is 3. The Morgan fingerprint density at radius 1 is 1.50 bits per heavy atom. The highest BCUT2D eigenvalue weighted by molar-refractivity contribution is 5.96. The number of amides is 1. The van der Waals surface area contributed by atoms with Crippen LogP contribution in [0, 0.1) is 0 Å². The monoisotopic (exact) mass is 198 g/mol. The van der Waals surface area contributed by atoms with Crippen LogP contribution in [0.3, 0.4) is 0 Å². The van der Waals surface area contributed by atoms with Crippen LogP contribution in [-0.4, -0.2) is 15.5 Å². The molecule has 0 bridgehead atoms. The maximum Gasteiger partial charge on any atom is 0.329 e. The number of carbonyl (C=O) groups is 1. The van der Waals surface area contributed by atoms with E-state index in [9.17, 15) is 14.4 Å². The van der Waals surface area contributed by atoms with E-state index in [1.807, 2.05) is 4.98 Å². The van der Waals surface area contributed by atoms with Crippen LogP contribution in [0.25, 0.3) is 0 Å². The minimum Gasteiger partial charge on any atom is -0.384 e. The van der Waals surface area contributed by atoms with Crippen LogP contribution in [0.15, 0.2) is 9.59 Å². The van der Waals surface area contributed by atoms with Crippen molar-refractivity contribution in [1.82, 2.24) is 9.55 Å². The second-order valence-corrected chi connectivity index (χ2v) is 2.63. The molecule has 0 radical (unpaired) electrons. The first kappa shape index (κ1) is 10.0. The molecule has 0 aliphatic carbocycles. The van der Waals surface area contributed by atoms with Crippen LogP contribution < -0.4 is 22.7 Å². The van der Waals surface area contributed by atoms with Crippen LogP contribution in [0.4, 0.5) is 5.82 Å². The smallest absolute Gasteiger partial charge is 0.329 e. The molecule has 0 spiro atoms. The zero-order valence-electron chi connectivity index (χ0n) is 7.53. The lowest BCUT2D eigenvalue weighted by Gasteiger charge is -2.07. The highest BCUT2D eigenvalue weighted by atomic mass is 16.2. The average molecular weight is 198 g/mol. The van der Waals surface area contributed by atoms with E-state index in [1.165, 1.54) is 0 Å². The van der Waals surface area contributed by atoms with Gasteiger partial charge in [0, 0.05) is 6.54 Å². The predicted octanol–water partition coefficient (Wildman–Crippen LogP) is -1.76. The van der Waals surface area contributed by atoms with E-state index in [0.717, 1.165) is 4.57 Å². The van der Waals surface area contributed by atoms with Crippen molar-refractivity contribution in [3.63, 3.8) is 0 Å². The first-order chi connectivity index (χ1) is 6.49.